The summed E-state index contributed by atoms with van der Waals surface area (Å²) in [5.74, 6) is 2.52. The topological polar surface area (TPSA) is 97.4 Å². The first-order chi connectivity index (χ1) is 25.2. The molecule has 2 aliphatic carbocycles. The Morgan fingerprint density at radius 3 is 1.69 bits per heavy atom. The van der Waals surface area contributed by atoms with Crippen LogP contribution in [0.15, 0.2) is 51.1 Å². The summed E-state index contributed by atoms with van der Waals surface area (Å²) in [4.78, 5) is 1.24. The van der Waals surface area contributed by atoms with Gasteiger partial charge in [0.2, 0.25) is 0 Å². The van der Waals surface area contributed by atoms with E-state index in [-0.39, 0.29) is 0 Å². The lowest BCUT2D eigenvalue weighted by atomic mass is 9.90. The van der Waals surface area contributed by atoms with Crippen LogP contribution in [0.25, 0.3) is 0 Å². The molecule has 5 atom stereocenters. The molecule has 0 saturated carbocycles. The van der Waals surface area contributed by atoms with Crippen molar-refractivity contribution >= 4 is 32.4 Å². The molecule has 0 saturated heterocycles. The number of rotatable bonds is 11. The quantitative estimate of drug-likeness (QED) is 0.191. The minimum atomic E-state index is -1.82. The van der Waals surface area contributed by atoms with E-state index in [0.29, 0.717) is 43.4 Å². The average Bonchev–Trinajstić information content (AvgIpc) is 3.14. The fraction of sp³-hybridized carbons (Fsp3) is 0.514. The number of methoxy groups -OCH3 is 5. The number of aryl methyl sites for hydroxylation is 3. The lowest BCUT2D eigenvalue weighted by Crippen LogP contribution is -2.09. The van der Waals surface area contributed by atoms with Gasteiger partial charge in [-0.25, -0.2) is 0 Å². The van der Waals surface area contributed by atoms with E-state index in [1.807, 2.05) is 18.2 Å². The van der Waals surface area contributed by atoms with Gasteiger partial charge in [-0.15, -0.1) is 0 Å². The monoisotopic (exact) mass is 725 g/mol. The van der Waals surface area contributed by atoms with Crippen LogP contribution in [-0.4, -0.2) is 65.3 Å². The molecule has 0 aromatic heterocycles. The standard InChI is InChI=1S/C14H20O3S.C13H18O2S.C10H14O3S/c1-4-18(15)12-9-10-7-5-6-8-11(10)13(16-2)14(12)17-3;1-3-16(14)13-9-11-7-5-4-6-10(11)8-12(13)15-2;1-4-14(11)8-5-6-9(12-2)10(7-8)13-3/h9H,4-8H2,1-3H3;8-9H,3-7H2,1-2H3;5-7H,4H2,1-3H3/i4+1D2;3DH;4DH/t;3-,16?;4-,14?/m.10/s1. The molecule has 5 rings (SSSR count). The van der Waals surface area contributed by atoms with E-state index in [9.17, 15) is 12.6 Å². The molecule has 0 bridgehead atoms. The van der Waals surface area contributed by atoms with Crippen LogP contribution in [-0.2, 0) is 58.1 Å². The Morgan fingerprint density at radius 1 is 0.604 bits per heavy atom. The van der Waals surface area contributed by atoms with Crippen molar-refractivity contribution in [3.8, 4) is 28.7 Å². The largest absolute Gasteiger partial charge is 0.495 e. The maximum atomic E-state index is 12.4. The van der Waals surface area contributed by atoms with Crippen molar-refractivity contribution in [1.82, 2.24) is 0 Å². The molecule has 0 amide bonds. The Bertz CT molecular complexity index is 1840. The summed E-state index contributed by atoms with van der Waals surface area (Å²) in [5.41, 5.74) is -0.712. The van der Waals surface area contributed by atoms with E-state index in [2.05, 4.69) is 0 Å². The van der Waals surface area contributed by atoms with Gasteiger partial charge in [-0.3, -0.25) is 12.6 Å². The lowest BCUT2D eigenvalue weighted by molar-refractivity contribution is 0.342. The van der Waals surface area contributed by atoms with Crippen molar-refractivity contribution in [3.63, 3.8) is 0 Å². The fourth-order valence-electron chi connectivity index (χ4n) is 5.68. The van der Waals surface area contributed by atoms with Crippen LogP contribution in [0.1, 0.15) is 76.9 Å². The molecule has 8 nitrogen and oxygen atoms in total. The minimum absolute atomic E-state index is 0.380. The molecule has 266 valence electrons. The summed E-state index contributed by atoms with van der Waals surface area (Å²) in [7, 11) is 2.37. The summed E-state index contributed by atoms with van der Waals surface area (Å²) >= 11 is 0. The molecule has 3 aromatic rings. The zero-order valence-corrected chi connectivity index (χ0v) is 31.6. The highest BCUT2D eigenvalue weighted by Crippen LogP contribution is 2.42. The molecule has 0 N–H and O–H groups in total. The van der Waals surface area contributed by atoms with Gasteiger partial charge in [-0.05, 0) is 98.4 Å². The molecule has 3 aromatic carbocycles. The molecule has 0 heterocycles. The zero-order chi connectivity index (χ0) is 40.6. The second-order valence-corrected chi connectivity index (χ2v) is 14.9. The fourth-order valence-corrected chi connectivity index (χ4v) is 7.93. The predicted octanol–water partition coefficient (Wildman–Crippen LogP) is 7.24. The summed E-state index contributed by atoms with van der Waals surface area (Å²) in [5, 5.41) is 0. The van der Waals surface area contributed by atoms with Gasteiger partial charge < -0.3 is 23.7 Å². The number of hydrogen-bond donors (Lipinski definition) is 0. The molecule has 0 aliphatic heterocycles. The highest BCUT2D eigenvalue weighted by Gasteiger charge is 2.24. The van der Waals surface area contributed by atoms with Gasteiger partial charge in [0, 0.05) is 41.9 Å². The Balaban J connectivity index is 0.000000219. The molecule has 0 spiro atoms. The summed E-state index contributed by atoms with van der Waals surface area (Å²) in [6.45, 7) is 3.93. The van der Waals surface area contributed by atoms with Crippen molar-refractivity contribution in [1.29, 1.82) is 0 Å². The van der Waals surface area contributed by atoms with Crippen molar-refractivity contribution in [2.75, 3.05) is 52.7 Å². The number of benzene rings is 3. The smallest absolute Gasteiger partial charge is 0.177 e. The van der Waals surface area contributed by atoms with E-state index in [1.54, 1.807) is 19.2 Å². The third kappa shape index (κ3) is 9.85. The zero-order valence-electron chi connectivity index (χ0n) is 35.1. The SMILES string of the molecule is [1H][C@@]([2H])(C)S(=O)c1cc2c(cc1OC)CCCC2.[1H][C@]([2H])(C)S(=O)c1ccc(OC)c(OC)c1.[2H][13C]([2H])(C)S(=O)c1cc2c(c(OC)c1OC)CCCC2. The first-order valence-corrected chi connectivity index (χ1v) is 19.1. The van der Waals surface area contributed by atoms with E-state index in [1.165, 1.54) is 72.8 Å². The summed E-state index contributed by atoms with van der Waals surface area (Å²) in [6.07, 6.45) is 8.34. The third-order valence-electron chi connectivity index (χ3n) is 8.08. The molecule has 0 radical (unpaired) electrons. The summed E-state index contributed by atoms with van der Waals surface area (Å²) < 4.78 is 108. The van der Waals surface area contributed by atoms with Gasteiger partial charge in [0.1, 0.15) is 5.75 Å². The van der Waals surface area contributed by atoms with Gasteiger partial charge in [0.25, 0.3) is 0 Å². The molecule has 2 aliphatic rings. The molecule has 11 heteroatoms. The second-order valence-electron chi connectivity index (χ2n) is 10.7. The first-order valence-electron chi connectivity index (χ1n) is 18.7. The third-order valence-corrected chi connectivity index (χ3v) is 11.3. The normalized spacial score (nSPS) is 19.8. The molecular formula is C37H52O8S3. The minimum Gasteiger partial charge on any atom is -0.495 e. The van der Waals surface area contributed by atoms with Crippen LogP contribution in [0, 0.1) is 0 Å². The van der Waals surface area contributed by atoms with Crippen LogP contribution < -0.4 is 23.7 Å². The van der Waals surface area contributed by atoms with Crippen LogP contribution in [0.2, 0.25) is 0 Å². The van der Waals surface area contributed by atoms with Crippen molar-refractivity contribution in [2.24, 2.45) is 0 Å². The molecule has 3 unspecified atom stereocenters. The predicted molar refractivity (Wildman–Crippen MR) is 196 cm³/mol. The highest BCUT2D eigenvalue weighted by atomic mass is 32.2. The molecule has 48 heavy (non-hydrogen) atoms. The van der Waals surface area contributed by atoms with Crippen molar-refractivity contribution < 1.29 is 44.5 Å². The van der Waals surface area contributed by atoms with Crippen LogP contribution in [0.5, 0.6) is 28.7 Å². The maximum Gasteiger partial charge on any atom is 0.177 e. The van der Waals surface area contributed by atoms with Gasteiger partial charge >= 0.3 is 0 Å². The van der Waals surface area contributed by atoms with Gasteiger partial charge in [0.15, 0.2) is 23.0 Å². The van der Waals surface area contributed by atoms with Crippen molar-refractivity contribution in [2.45, 2.75) is 86.8 Å². The Morgan fingerprint density at radius 2 is 1.15 bits per heavy atom. The van der Waals surface area contributed by atoms with E-state index < -0.39 is 49.5 Å². The summed E-state index contributed by atoms with van der Waals surface area (Å²) in [6, 6.07) is 10.3. The van der Waals surface area contributed by atoms with Crippen LogP contribution in [0.4, 0.5) is 0 Å². The van der Waals surface area contributed by atoms with Crippen molar-refractivity contribution in [3.05, 3.63) is 58.7 Å². The number of ether oxygens (including phenoxy) is 5. The maximum absolute atomic E-state index is 12.4. The van der Waals surface area contributed by atoms with Gasteiger partial charge in [0.05, 0.1) is 77.7 Å². The van der Waals surface area contributed by atoms with E-state index >= 15 is 0 Å². The Hall–Kier alpha value is -2.89. The lowest BCUT2D eigenvalue weighted by Gasteiger charge is -2.22. The Kier molecular flexibility index (Phi) is 12.9. The van der Waals surface area contributed by atoms with E-state index in [0.717, 1.165) is 56.1 Å². The molecule has 0 fully saturated rings. The van der Waals surface area contributed by atoms with E-state index in [4.69, 9.17) is 31.9 Å². The Labute approximate surface area is 303 Å². The second kappa shape index (κ2) is 19.9. The van der Waals surface area contributed by atoms with Gasteiger partial charge in [-0.2, -0.15) is 0 Å². The highest BCUT2D eigenvalue weighted by molar-refractivity contribution is 7.85. The first kappa shape index (κ1) is 31.1. The number of fused-ring (bicyclic) bond motifs is 2. The van der Waals surface area contributed by atoms with Crippen LogP contribution >= 0.6 is 0 Å². The molecular weight excluding hydrogens is 670 g/mol. The average molecular weight is 726 g/mol. The van der Waals surface area contributed by atoms with Crippen LogP contribution in [0.3, 0.4) is 0 Å². The number of hydrogen-bond acceptors (Lipinski definition) is 8. The van der Waals surface area contributed by atoms with Gasteiger partial charge in [-0.1, -0.05) is 20.8 Å².